The van der Waals surface area contributed by atoms with Crippen LogP contribution < -0.4 is 4.90 Å². The van der Waals surface area contributed by atoms with Gasteiger partial charge in [0.15, 0.2) is 0 Å². The number of hydrogen-bond donors (Lipinski definition) is 1. The van der Waals surface area contributed by atoms with Crippen LogP contribution in [0, 0.1) is 23.2 Å². The van der Waals surface area contributed by atoms with Crippen LogP contribution in [0.2, 0.25) is 0 Å². The molecule has 4 aliphatic carbocycles. The molecule has 1 heterocycles. The Hall–Kier alpha value is -3.52. The van der Waals surface area contributed by atoms with Crippen LogP contribution in [0.25, 0.3) is 11.1 Å². The van der Waals surface area contributed by atoms with Crippen LogP contribution in [0.15, 0.2) is 66.7 Å². The van der Waals surface area contributed by atoms with Crippen molar-refractivity contribution in [1.29, 1.82) is 0 Å². The number of carbonyl (C=O) groups is 1. The number of phenols is 1. The Morgan fingerprint density at radius 1 is 0.867 bits per heavy atom. The number of carbonyl (C=O) groups excluding carboxylic acids is 1. The number of anilines is 1. The summed E-state index contributed by atoms with van der Waals surface area (Å²) in [7, 11) is 1.96. The van der Waals surface area contributed by atoms with E-state index in [9.17, 15) is 23.1 Å². The predicted octanol–water partition coefficient (Wildman–Crippen LogP) is 7.69. The van der Waals surface area contributed by atoms with Gasteiger partial charge in [-0.2, -0.15) is 13.2 Å². The Morgan fingerprint density at radius 3 is 2.11 bits per heavy atom. The molecular weight excluding hydrogens is 575 g/mol. The van der Waals surface area contributed by atoms with Gasteiger partial charge in [0.2, 0.25) is 0 Å². The molecule has 0 radical (unpaired) electrons. The summed E-state index contributed by atoms with van der Waals surface area (Å²) in [6.45, 7) is 4.20. The van der Waals surface area contributed by atoms with E-state index >= 15 is 0 Å². The zero-order chi connectivity index (χ0) is 31.3. The number of amides is 1. The van der Waals surface area contributed by atoms with E-state index in [4.69, 9.17) is 0 Å². The van der Waals surface area contributed by atoms with Crippen LogP contribution >= 0.6 is 0 Å². The van der Waals surface area contributed by atoms with E-state index in [-0.39, 0.29) is 11.7 Å². The van der Waals surface area contributed by atoms with E-state index in [0.717, 1.165) is 54.7 Å². The molecule has 3 aromatic rings. The third-order valence-electron chi connectivity index (χ3n) is 10.8. The summed E-state index contributed by atoms with van der Waals surface area (Å²) in [5.74, 6) is 2.71. The van der Waals surface area contributed by atoms with E-state index in [0.29, 0.717) is 41.7 Å². The molecule has 0 unspecified atom stereocenters. The van der Waals surface area contributed by atoms with Crippen LogP contribution in [0.5, 0.6) is 5.75 Å². The van der Waals surface area contributed by atoms with Gasteiger partial charge in [-0.3, -0.25) is 9.69 Å². The van der Waals surface area contributed by atoms with Crippen molar-refractivity contribution in [2.75, 3.05) is 44.7 Å². The lowest BCUT2D eigenvalue weighted by atomic mass is 9.49. The normalized spacial score (nSPS) is 26.3. The Bertz CT molecular complexity index is 1510. The first-order valence-corrected chi connectivity index (χ1v) is 16.4. The van der Waals surface area contributed by atoms with Crippen molar-refractivity contribution >= 4 is 11.6 Å². The van der Waals surface area contributed by atoms with Gasteiger partial charge >= 0.3 is 6.18 Å². The Kier molecular flexibility index (Phi) is 7.83. The Labute approximate surface area is 263 Å². The maximum atomic E-state index is 13.8. The smallest absolute Gasteiger partial charge is 0.416 e. The molecule has 5 nitrogen and oxygen atoms in total. The number of piperazine rings is 1. The molecule has 0 spiro atoms. The average Bonchev–Trinajstić information content (AvgIpc) is 3.00. The fourth-order valence-corrected chi connectivity index (χ4v) is 9.32. The first-order valence-electron chi connectivity index (χ1n) is 16.4. The van der Waals surface area contributed by atoms with Gasteiger partial charge < -0.3 is 14.9 Å². The van der Waals surface area contributed by atoms with Gasteiger partial charge in [-0.15, -0.1) is 0 Å². The first kappa shape index (κ1) is 30.2. The number of alkyl halides is 3. The molecule has 1 amide bonds. The molecule has 8 heteroatoms. The maximum Gasteiger partial charge on any atom is 0.416 e. The van der Waals surface area contributed by atoms with Crippen LogP contribution in [-0.4, -0.2) is 60.6 Å². The summed E-state index contributed by atoms with van der Waals surface area (Å²) in [6, 6.07) is 18.4. The summed E-state index contributed by atoms with van der Waals surface area (Å²) in [5, 5.41) is 9.86. The Morgan fingerprint density at radius 2 is 1.51 bits per heavy atom. The van der Waals surface area contributed by atoms with Crippen molar-refractivity contribution < 1.29 is 23.1 Å². The van der Waals surface area contributed by atoms with Gasteiger partial charge in [0.25, 0.3) is 5.91 Å². The minimum atomic E-state index is -4.46. The number of rotatable bonds is 7. The largest absolute Gasteiger partial charge is 0.508 e. The topological polar surface area (TPSA) is 47.0 Å². The van der Waals surface area contributed by atoms with E-state index in [2.05, 4.69) is 9.80 Å². The standard InChI is InChI=1S/C37H42F3N3O2/c1-41(24-36-20-25-13-26(21-36)15-27(14-25)22-36)35(45)29-5-7-33(8-6-29)43-11-9-42(10-12-43)23-28-16-31(18-32(17-28)37(38,39)40)30-3-2-4-34(44)19-30/h2-8,16-19,25-27,44H,9-15,20-24H2,1H3. The van der Waals surface area contributed by atoms with E-state index < -0.39 is 11.7 Å². The lowest BCUT2D eigenvalue weighted by molar-refractivity contribution is -0.137. The third kappa shape index (κ3) is 6.44. The van der Waals surface area contributed by atoms with Crippen molar-refractivity contribution in [3.05, 3.63) is 83.4 Å². The molecular formula is C37H42F3N3O2. The van der Waals surface area contributed by atoms with Crippen LogP contribution in [0.3, 0.4) is 0 Å². The summed E-state index contributed by atoms with van der Waals surface area (Å²) in [6.07, 6.45) is 3.60. The van der Waals surface area contributed by atoms with Gasteiger partial charge in [0, 0.05) is 57.6 Å². The van der Waals surface area contributed by atoms with Gasteiger partial charge in [-0.1, -0.05) is 12.1 Å². The van der Waals surface area contributed by atoms with E-state index in [1.54, 1.807) is 18.2 Å². The second-order valence-corrected chi connectivity index (χ2v) is 14.4. The van der Waals surface area contributed by atoms with Crippen LogP contribution in [0.1, 0.15) is 60.0 Å². The average molecular weight is 618 g/mol. The fourth-order valence-electron chi connectivity index (χ4n) is 9.32. The molecule has 5 aliphatic rings. The minimum absolute atomic E-state index is 0.0181. The second kappa shape index (κ2) is 11.7. The number of phenolic OH excluding ortho intramolecular Hbond substituents is 1. The summed E-state index contributed by atoms with van der Waals surface area (Å²) in [5.41, 5.74) is 2.99. The number of hydrogen-bond acceptors (Lipinski definition) is 4. The SMILES string of the molecule is CN(CC12CC3CC(CC(C3)C1)C2)C(=O)c1ccc(N2CCN(Cc3cc(-c4cccc(O)c4)cc(C(F)(F)F)c3)CC2)cc1. The zero-order valence-corrected chi connectivity index (χ0v) is 25.9. The molecule has 238 valence electrons. The number of nitrogens with zero attached hydrogens (tertiary/aromatic N) is 3. The second-order valence-electron chi connectivity index (χ2n) is 14.4. The highest BCUT2D eigenvalue weighted by atomic mass is 19.4. The van der Waals surface area contributed by atoms with Gasteiger partial charge in [-0.05, 0) is 133 Å². The number of halogens is 3. The van der Waals surface area contributed by atoms with Crippen molar-refractivity contribution in [2.24, 2.45) is 23.2 Å². The molecule has 1 saturated heterocycles. The van der Waals surface area contributed by atoms with Crippen molar-refractivity contribution in [2.45, 2.75) is 51.2 Å². The molecule has 0 aromatic heterocycles. The minimum Gasteiger partial charge on any atom is -0.508 e. The Balaban J connectivity index is 0.963. The van der Waals surface area contributed by atoms with Gasteiger partial charge in [0.05, 0.1) is 5.56 Å². The monoisotopic (exact) mass is 617 g/mol. The maximum absolute atomic E-state index is 13.8. The highest BCUT2D eigenvalue weighted by Crippen LogP contribution is 2.60. The van der Waals surface area contributed by atoms with Crippen molar-refractivity contribution in [3.8, 4) is 16.9 Å². The molecule has 5 fully saturated rings. The zero-order valence-electron chi connectivity index (χ0n) is 25.9. The third-order valence-corrected chi connectivity index (χ3v) is 10.8. The molecule has 1 N–H and O–H groups in total. The number of benzene rings is 3. The first-order chi connectivity index (χ1) is 21.5. The summed E-state index contributed by atoms with van der Waals surface area (Å²) in [4.78, 5) is 19.8. The highest BCUT2D eigenvalue weighted by Gasteiger charge is 2.51. The summed E-state index contributed by atoms with van der Waals surface area (Å²) < 4.78 is 41.3. The molecule has 3 aromatic carbocycles. The highest BCUT2D eigenvalue weighted by molar-refractivity contribution is 5.94. The molecule has 45 heavy (non-hydrogen) atoms. The molecule has 0 atom stereocenters. The quantitative estimate of drug-likeness (QED) is 0.295. The fraction of sp³-hybridized carbons (Fsp3) is 0.486. The molecule has 4 bridgehead atoms. The van der Waals surface area contributed by atoms with Crippen molar-refractivity contribution in [1.82, 2.24) is 9.80 Å². The molecule has 1 aliphatic heterocycles. The molecule has 8 rings (SSSR count). The summed E-state index contributed by atoms with van der Waals surface area (Å²) >= 11 is 0. The van der Waals surface area contributed by atoms with Crippen LogP contribution in [-0.2, 0) is 12.7 Å². The van der Waals surface area contributed by atoms with E-state index in [1.165, 1.54) is 56.7 Å². The van der Waals surface area contributed by atoms with Gasteiger partial charge in [-0.25, -0.2) is 0 Å². The lowest BCUT2D eigenvalue weighted by Gasteiger charge is -2.57. The van der Waals surface area contributed by atoms with E-state index in [1.807, 2.05) is 36.2 Å². The lowest BCUT2D eigenvalue weighted by Crippen LogP contribution is -2.51. The predicted molar refractivity (Wildman–Crippen MR) is 170 cm³/mol. The van der Waals surface area contributed by atoms with Gasteiger partial charge in [0.1, 0.15) is 5.75 Å². The molecule has 4 saturated carbocycles. The van der Waals surface area contributed by atoms with Crippen molar-refractivity contribution in [3.63, 3.8) is 0 Å². The van der Waals surface area contributed by atoms with Crippen LogP contribution in [0.4, 0.5) is 18.9 Å². The number of aromatic hydroxyl groups is 1.